The van der Waals surface area contributed by atoms with Crippen LogP contribution in [0.25, 0.3) is 11.0 Å². The molecule has 1 aromatic carbocycles. The van der Waals surface area contributed by atoms with Crippen LogP contribution in [0.3, 0.4) is 0 Å². The van der Waals surface area contributed by atoms with Crippen molar-refractivity contribution in [3.8, 4) is 0 Å². The molecule has 0 bridgehead atoms. The van der Waals surface area contributed by atoms with E-state index >= 15 is 0 Å². The minimum Gasteiger partial charge on any atom is -0.499 e. The van der Waals surface area contributed by atoms with Crippen LogP contribution in [0.4, 0.5) is 4.39 Å². The van der Waals surface area contributed by atoms with Crippen LogP contribution in [0.1, 0.15) is 23.2 Å². The van der Waals surface area contributed by atoms with Crippen LogP contribution in [0, 0.1) is 5.82 Å². The predicted molar refractivity (Wildman–Crippen MR) is 106 cm³/mol. The van der Waals surface area contributed by atoms with Crippen molar-refractivity contribution < 1.29 is 23.5 Å². The Bertz CT molecular complexity index is 820. The van der Waals surface area contributed by atoms with Crippen LogP contribution in [0.2, 0.25) is 0 Å². The summed E-state index contributed by atoms with van der Waals surface area (Å²) in [5, 5.41) is 0. The van der Waals surface area contributed by atoms with Crippen molar-refractivity contribution in [2.24, 2.45) is 0 Å². The van der Waals surface area contributed by atoms with Gasteiger partial charge in [0.05, 0.1) is 31.3 Å². The summed E-state index contributed by atoms with van der Waals surface area (Å²) in [4.78, 5) is 23.8. The molecule has 0 unspecified atom stereocenters. The normalized spacial score (nSPS) is 14.8. The number of benzene rings is 1. The van der Waals surface area contributed by atoms with Gasteiger partial charge in [-0.15, -0.1) is 0 Å². The zero-order valence-corrected chi connectivity index (χ0v) is 16.4. The maximum Gasteiger partial charge on any atom is 0.275 e. The first-order valence-electron chi connectivity index (χ1n) is 9.78. The summed E-state index contributed by atoms with van der Waals surface area (Å²) >= 11 is 0. The van der Waals surface area contributed by atoms with Gasteiger partial charge in [0.25, 0.3) is 5.91 Å². The molecule has 0 saturated carbocycles. The molecule has 0 radical (unpaired) electrons. The number of imidazole rings is 1. The third-order valence-corrected chi connectivity index (χ3v) is 4.75. The number of morpholine rings is 1. The molecular weight excluding hydrogens is 379 g/mol. The molecule has 0 atom stereocenters. The largest absolute Gasteiger partial charge is 0.499 e. The smallest absolute Gasteiger partial charge is 0.275 e. The molecule has 1 aromatic heterocycles. The number of carbonyl (C=O) groups is 1. The van der Waals surface area contributed by atoms with Crippen LogP contribution >= 0.6 is 0 Å². The maximum atomic E-state index is 14.4. The summed E-state index contributed by atoms with van der Waals surface area (Å²) in [5.74, 6) is -1.06. The van der Waals surface area contributed by atoms with E-state index in [-0.39, 0.29) is 24.3 Å². The van der Waals surface area contributed by atoms with Gasteiger partial charge in [0.1, 0.15) is 18.7 Å². The van der Waals surface area contributed by atoms with E-state index in [4.69, 9.17) is 14.3 Å². The van der Waals surface area contributed by atoms with Crippen molar-refractivity contribution in [1.29, 1.82) is 0 Å². The zero-order valence-electron chi connectivity index (χ0n) is 16.4. The van der Waals surface area contributed by atoms with Crippen LogP contribution in [0.15, 0.2) is 31.3 Å². The van der Waals surface area contributed by atoms with Gasteiger partial charge in [-0.05, 0) is 31.5 Å². The third kappa shape index (κ3) is 5.99. The van der Waals surface area contributed by atoms with Crippen LogP contribution in [0.5, 0.6) is 0 Å². The quantitative estimate of drug-likeness (QED) is 0.350. The van der Waals surface area contributed by atoms with Gasteiger partial charge in [0.2, 0.25) is 0 Å². The zero-order chi connectivity index (χ0) is 20.5. The van der Waals surface area contributed by atoms with Gasteiger partial charge in [0.15, 0.2) is 5.82 Å². The lowest BCUT2D eigenvalue weighted by atomic mass is 10.1. The molecule has 0 aliphatic carbocycles. The minimum atomic E-state index is -0.533. The number of unbranched alkanes of at least 4 members (excludes halogenated alkanes) is 1. The Balaban J connectivity index is 1.56. The lowest BCUT2D eigenvalue weighted by Gasteiger charge is -2.26. The summed E-state index contributed by atoms with van der Waals surface area (Å²) in [7, 11) is 0. The number of nitrogens with zero attached hydrogens (tertiary/aromatic N) is 3. The van der Waals surface area contributed by atoms with Gasteiger partial charge in [-0.25, -0.2) is 14.9 Å². The summed E-state index contributed by atoms with van der Waals surface area (Å²) in [6, 6.07) is 2.79. The monoisotopic (exact) mass is 406 g/mol. The number of rotatable bonds is 11. The minimum absolute atomic E-state index is 0.156. The second-order valence-electron chi connectivity index (χ2n) is 6.74. The van der Waals surface area contributed by atoms with E-state index in [1.165, 1.54) is 6.26 Å². The summed E-state index contributed by atoms with van der Waals surface area (Å²) in [6.45, 7) is 9.08. The Morgan fingerprint density at radius 1 is 1.28 bits per heavy atom. The number of aryl methyl sites for hydroxylation is 1. The van der Waals surface area contributed by atoms with Gasteiger partial charge in [-0.2, -0.15) is 0 Å². The Morgan fingerprint density at radius 2 is 2.07 bits per heavy atom. The molecule has 3 rings (SSSR count). The number of carbonyl (C=O) groups excluding carboxylic acids is 1. The second-order valence-corrected chi connectivity index (χ2v) is 6.74. The molecule has 1 N–H and O–H groups in total. The summed E-state index contributed by atoms with van der Waals surface area (Å²) in [6.07, 6.45) is 4.88. The highest BCUT2D eigenvalue weighted by molar-refractivity contribution is 5.97. The van der Waals surface area contributed by atoms with E-state index in [1.807, 2.05) is 4.57 Å². The molecule has 1 aliphatic heterocycles. The molecule has 1 amide bonds. The number of fused-ring (bicyclic) bond motifs is 1. The highest BCUT2D eigenvalue weighted by atomic mass is 19.1. The number of halogens is 1. The lowest BCUT2D eigenvalue weighted by Crippen LogP contribution is -2.36. The van der Waals surface area contributed by atoms with Crippen molar-refractivity contribution in [3.05, 3.63) is 42.7 Å². The van der Waals surface area contributed by atoms with Crippen molar-refractivity contribution in [1.82, 2.24) is 19.9 Å². The van der Waals surface area contributed by atoms with Gasteiger partial charge in [-0.1, -0.05) is 6.58 Å². The molecule has 8 nitrogen and oxygen atoms in total. The fraction of sp³-hybridized carbons (Fsp3) is 0.500. The number of nitrogens with one attached hydrogen (secondary N) is 1. The fourth-order valence-corrected chi connectivity index (χ4v) is 3.22. The molecule has 158 valence electrons. The number of hydrogen-bond acceptors (Lipinski definition) is 6. The molecule has 1 saturated heterocycles. The fourth-order valence-electron chi connectivity index (χ4n) is 3.22. The predicted octanol–water partition coefficient (Wildman–Crippen LogP) is 2.11. The highest BCUT2D eigenvalue weighted by Gasteiger charge is 2.15. The van der Waals surface area contributed by atoms with E-state index in [2.05, 4.69) is 21.9 Å². The average Bonchev–Trinajstić information content (AvgIpc) is 3.15. The molecule has 0 spiro atoms. The standard InChI is InChI=1S/C20H27FN4O4/c1-2-27-11-12-29-23-20(26)16-13-17(21)19-18(14-16)25(15-22-19)6-4-3-5-24-7-9-28-10-8-24/h2,13-15H,1,3-12H2,(H,23,26). The van der Waals surface area contributed by atoms with Gasteiger partial charge in [0, 0.05) is 25.2 Å². The summed E-state index contributed by atoms with van der Waals surface area (Å²) < 4.78 is 26.5. The van der Waals surface area contributed by atoms with Crippen molar-refractivity contribution in [3.63, 3.8) is 0 Å². The van der Waals surface area contributed by atoms with Gasteiger partial charge < -0.3 is 14.0 Å². The topological polar surface area (TPSA) is 77.8 Å². The van der Waals surface area contributed by atoms with E-state index in [0.29, 0.717) is 12.1 Å². The molecule has 29 heavy (non-hydrogen) atoms. The number of aromatic nitrogens is 2. The third-order valence-electron chi connectivity index (χ3n) is 4.75. The molecule has 9 heteroatoms. The van der Waals surface area contributed by atoms with Crippen molar-refractivity contribution >= 4 is 16.9 Å². The molecule has 1 fully saturated rings. The van der Waals surface area contributed by atoms with E-state index in [0.717, 1.165) is 51.8 Å². The van der Waals surface area contributed by atoms with Gasteiger partial charge in [-0.3, -0.25) is 14.5 Å². The number of amides is 1. The SMILES string of the molecule is C=COCCONC(=O)c1cc(F)c2ncn(CCCCN3CCOCC3)c2c1. The lowest BCUT2D eigenvalue weighted by molar-refractivity contribution is 0.0144. The molecule has 2 aromatic rings. The van der Waals surface area contributed by atoms with E-state index in [1.54, 1.807) is 12.4 Å². The first-order chi connectivity index (χ1) is 14.2. The number of hydrogen-bond donors (Lipinski definition) is 1. The van der Waals surface area contributed by atoms with Crippen molar-refractivity contribution in [2.45, 2.75) is 19.4 Å². The number of hydroxylamine groups is 1. The first-order valence-corrected chi connectivity index (χ1v) is 9.78. The van der Waals surface area contributed by atoms with Crippen LogP contribution in [-0.4, -0.2) is 66.4 Å². The van der Waals surface area contributed by atoms with Crippen molar-refractivity contribution in [2.75, 3.05) is 46.1 Å². The van der Waals surface area contributed by atoms with E-state index < -0.39 is 11.7 Å². The maximum absolute atomic E-state index is 14.4. The van der Waals surface area contributed by atoms with E-state index in [9.17, 15) is 9.18 Å². The van der Waals surface area contributed by atoms with Crippen LogP contribution in [-0.2, 0) is 20.9 Å². The highest BCUT2D eigenvalue weighted by Crippen LogP contribution is 2.20. The Morgan fingerprint density at radius 3 is 2.86 bits per heavy atom. The number of ether oxygens (including phenoxy) is 2. The average molecular weight is 406 g/mol. The molecular formula is C20H27FN4O4. The Hall–Kier alpha value is -2.49. The molecule has 1 aliphatic rings. The second kappa shape index (κ2) is 10.9. The molecule has 2 heterocycles. The van der Waals surface area contributed by atoms with Gasteiger partial charge >= 0.3 is 0 Å². The Labute approximate surface area is 169 Å². The Kier molecular flexibility index (Phi) is 7.97. The van der Waals surface area contributed by atoms with Crippen LogP contribution < -0.4 is 5.48 Å². The first kappa shape index (κ1) is 21.2. The summed E-state index contributed by atoms with van der Waals surface area (Å²) in [5.41, 5.74) is 3.31.